The first-order valence-corrected chi connectivity index (χ1v) is 8.36. The molecule has 6 heteroatoms. The lowest BCUT2D eigenvalue weighted by Crippen LogP contribution is -2.13. The number of nitrogens with zero attached hydrogens (tertiary/aromatic N) is 3. The summed E-state index contributed by atoms with van der Waals surface area (Å²) in [7, 11) is 3.84. The molecular formula is C18H14Cl3N3. The van der Waals surface area contributed by atoms with Crippen LogP contribution in [0.3, 0.4) is 0 Å². The zero-order chi connectivity index (χ0) is 17.3. The molecule has 0 bridgehead atoms. The Morgan fingerprint density at radius 1 is 0.708 bits per heavy atom. The van der Waals surface area contributed by atoms with Gasteiger partial charge < -0.3 is 4.90 Å². The summed E-state index contributed by atoms with van der Waals surface area (Å²) in [6, 6.07) is 15.1. The summed E-state index contributed by atoms with van der Waals surface area (Å²) in [6.45, 7) is 0. The minimum Gasteiger partial charge on any atom is -0.362 e. The van der Waals surface area contributed by atoms with E-state index in [1.807, 2.05) is 67.5 Å². The predicted molar refractivity (Wildman–Crippen MR) is 102 cm³/mol. The van der Waals surface area contributed by atoms with Gasteiger partial charge in [-0.3, -0.25) is 0 Å². The number of anilines is 1. The molecule has 0 aliphatic rings. The molecule has 3 aromatic rings. The molecule has 0 saturated carbocycles. The summed E-state index contributed by atoms with van der Waals surface area (Å²) in [6.07, 6.45) is 0. The van der Waals surface area contributed by atoms with E-state index in [1.165, 1.54) is 0 Å². The van der Waals surface area contributed by atoms with Crippen molar-refractivity contribution in [2.24, 2.45) is 0 Å². The molecule has 0 aliphatic carbocycles. The van der Waals surface area contributed by atoms with E-state index in [1.54, 1.807) is 0 Å². The van der Waals surface area contributed by atoms with Crippen LogP contribution in [-0.2, 0) is 0 Å². The van der Waals surface area contributed by atoms with Gasteiger partial charge in [-0.25, -0.2) is 4.98 Å². The molecule has 0 saturated heterocycles. The van der Waals surface area contributed by atoms with Crippen LogP contribution in [0.15, 0.2) is 48.5 Å². The summed E-state index contributed by atoms with van der Waals surface area (Å²) >= 11 is 18.2. The van der Waals surface area contributed by atoms with Gasteiger partial charge in [-0.05, 0) is 41.4 Å². The first-order valence-electron chi connectivity index (χ1n) is 7.22. The fraction of sp³-hybridized carbons (Fsp3) is 0.111. The fourth-order valence-corrected chi connectivity index (χ4v) is 2.86. The Balaban J connectivity index is 2.31. The first kappa shape index (κ1) is 17.0. The van der Waals surface area contributed by atoms with Crippen LogP contribution in [0.25, 0.3) is 22.4 Å². The standard InChI is InChI=1S/C18H14Cl3N3/c1-24(2)17-15(11-3-7-13(19)8-4-11)16(22-18(21)23-17)12-5-9-14(20)10-6-12/h3-10H,1-2H3. The molecule has 0 spiro atoms. The van der Waals surface area contributed by atoms with Gasteiger partial charge in [0.15, 0.2) is 0 Å². The van der Waals surface area contributed by atoms with Crippen LogP contribution in [0.4, 0.5) is 5.82 Å². The zero-order valence-corrected chi connectivity index (χ0v) is 15.4. The van der Waals surface area contributed by atoms with E-state index in [2.05, 4.69) is 9.97 Å². The Morgan fingerprint density at radius 3 is 1.71 bits per heavy atom. The highest BCUT2D eigenvalue weighted by atomic mass is 35.5. The lowest BCUT2D eigenvalue weighted by Gasteiger charge is -2.19. The molecular weight excluding hydrogens is 365 g/mol. The van der Waals surface area contributed by atoms with Crippen LogP contribution in [0.1, 0.15) is 0 Å². The van der Waals surface area contributed by atoms with Gasteiger partial charge >= 0.3 is 0 Å². The van der Waals surface area contributed by atoms with Gasteiger partial charge in [-0.15, -0.1) is 0 Å². The molecule has 0 amide bonds. The lowest BCUT2D eigenvalue weighted by atomic mass is 9.99. The number of hydrogen-bond acceptors (Lipinski definition) is 3. The Kier molecular flexibility index (Phi) is 4.95. The summed E-state index contributed by atoms with van der Waals surface area (Å²) in [4.78, 5) is 10.8. The van der Waals surface area contributed by atoms with Crippen molar-refractivity contribution >= 4 is 40.6 Å². The van der Waals surface area contributed by atoms with Crippen molar-refractivity contribution in [3.8, 4) is 22.4 Å². The summed E-state index contributed by atoms with van der Waals surface area (Å²) in [5.41, 5.74) is 3.52. The maximum absolute atomic E-state index is 6.16. The fourth-order valence-electron chi connectivity index (χ4n) is 2.44. The van der Waals surface area contributed by atoms with Gasteiger partial charge in [-0.2, -0.15) is 4.98 Å². The third-order valence-corrected chi connectivity index (χ3v) is 4.21. The van der Waals surface area contributed by atoms with Gasteiger partial charge in [0.1, 0.15) is 5.82 Å². The minimum absolute atomic E-state index is 0.196. The van der Waals surface area contributed by atoms with E-state index in [0.29, 0.717) is 10.0 Å². The molecule has 0 N–H and O–H groups in total. The normalized spacial score (nSPS) is 10.7. The smallest absolute Gasteiger partial charge is 0.224 e. The van der Waals surface area contributed by atoms with E-state index < -0.39 is 0 Å². The van der Waals surface area contributed by atoms with Crippen LogP contribution in [0, 0.1) is 0 Å². The number of aromatic nitrogens is 2. The Bertz CT molecular complexity index is 860. The molecule has 122 valence electrons. The predicted octanol–water partition coefficient (Wildman–Crippen LogP) is 5.84. The van der Waals surface area contributed by atoms with Crippen LogP contribution in [-0.4, -0.2) is 24.1 Å². The lowest BCUT2D eigenvalue weighted by molar-refractivity contribution is 1.04. The molecule has 0 fully saturated rings. The Hall–Kier alpha value is -1.81. The van der Waals surface area contributed by atoms with E-state index in [0.717, 1.165) is 28.2 Å². The van der Waals surface area contributed by atoms with Crippen LogP contribution < -0.4 is 4.90 Å². The number of rotatable bonds is 3. The molecule has 0 radical (unpaired) electrons. The van der Waals surface area contributed by atoms with E-state index in [-0.39, 0.29) is 5.28 Å². The molecule has 0 unspecified atom stereocenters. The Labute approximate surface area is 155 Å². The number of halogens is 3. The van der Waals surface area contributed by atoms with Crippen molar-refractivity contribution < 1.29 is 0 Å². The molecule has 2 aromatic carbocycles. The van der Waals surface area contributed by atoms with Crippen molar-refractivity contribution in [2.45, 2.75) is 0 Å². The maximum atomic E-state index is 6.16. The molecule has 1 aromatic heterocycles. The summed E-state index contributed by atoms with van der Waals surface area (Å²) in [5, 5.41) is 1.54. The minimum atomic E-state index is 0.196. The monoisotopic (exact) mass is 377 g/mol. The van der Waals surface area contributed by atoms with E-state index in [9.17, 15) is 0 Å². The third-order valence-electron chi connectivity index (χ3n) is 3.54. The highest BCUT2D eigenvalue weighted by Crippen LogP contribution is 2.38. The van der Waals surface area contributed by atoms with Gasteiger partial charge in [-0.1, -0.05) is 47.5 Å². The molecule has 0 atom stereocenters. The molecule has 3 nitrogen and oxygen atoms in total. The SMILES string of the molecule is CN(C)c1nc(Cl)nc(-c2ccc(Cl)cc2)c1-c1ccc(Cl)cc1. The second-order valence-electron chi connectivity index (χ2n) is 5.45. The van der Waals surface area contributed by atoms with E-state index >= 15 is 0 Å². The van der Waals surface area contributed by atoms with Crippen molar-refractivity contribution in [3.63, 3.8) is 0 Å². The quantitative estimate of drug-likeness (QED) is 0.536. The topological polar surface area (TPSA) is 29.0 Å². The van der Waals surface area contributed by atoms with E-state index in [4.69, 9.17) is 34.8 Å². The number of benzene rings is 2. The van der Waals surface area contributed by atoms with Crippen LogP contribution in [0.5, 0.6) is 0 Å². The second kappa shape index (κ2) is 6.98. The highest BCUT2D eigenvalue weighted by molar-refractivity contribution is 6.31. The van der Waals surface area contributed by atoms with Crippen LogP contribution in [0.2, 0.25) is 15.3 Å². The molecule has 1 heterocycles. The van der Waals surface area contributed by atoms with Crippen molar-refractivity contribution in [1.29, 1.82) is 0 Å². The van der Waals surface area contributed by atoms with Crippen LogP contribution >= 0.6 is 34.8 Å². The average Bonchev–Trinajstić information content (AvgIpc) is 2.56. The molecule has 3 rings (SSSR count). The molecule has 24 heavy (non-hydrogen) atoms. The summed E-state index contributed by atoms with van der Waals surface area (Å²) < 4.78 is 0. The average molecular weight is 379 g/mol. The molecule has 0 aliphatic heterocycles. The van der Waals surface area contributed by atoms with Crippen molar-refractivity contribution in [3.05, 3.63) is 63.9 Å². The Morgan fingerprint density at radius 2 is 1.21 bits per heavy atom. The van der Waals surface area contributed by atoms with Gasteiger partial charge in [0.05, 0.1) is 11.3 Å². The largest absolute Gasteiger partial charge is 0.362 e. The summed E-state index contributed by atoms with van der Waals surface area (Å²) in [5.74, 6) is 0.738. The van der Waals surface area contributed by atoms with Gasteiger partial charge in [0.25, 0.3) is 0 Å². The van der Waals surface area contributed by atoms with Gasteiger partial charge in [0, 0.05) is 29.7 Å². The first-order chi connectivity index (χ1) is 11.5. The zero-order valence-electron chi connectivity index (χ0n) is 13.1. The third kappa shape index (κ3) is 3.48. The van der Waals surface area contributed by atoms with Gasteiger partial charge in [0.2, 0.25) is 5.28 Å². The second-order valence-corrected chi connectivity index (χ2v) is 6.66. The number of hydrogen-bond donors (Lipinski definition) is 0. The van der Waals surface area contributed by atoms with Crippen molar-refractivity contribution in [2.75, 3.05) is 19.0 Å². The maximum Gasteiger partial charge on any atom is 0.224 e. The van der Waals surface area contributed by atoms with Crippen molar-refractivity contribution in [1.82, 2.24) is 9.97 Å². The highest BCUT2D eigenvalue weighted by Gasteiger charge is 2.18.